The number of thioether (sulfide) groups is 1. The van der Waals surface area contributed by atoms with Gasteiger partial charge in [0.1, 0.15) is 0 Å². The summed E-state index contributed by atoms with van der Waals surface area (Å²) in [6, 6.07) is 7.44. The van der Waals surface area contributed by atoms with E-state index in [1.54, 1.807) is 17.8 Å². The number of allylic oxidation sites excluding steroid dienone is 2. The number of carbonyl (C=O) groups excluding carboxylic acids is 1. The molecule has 0 fully saturated rings. The van der Waals surface area contributed by atoms with E-state index in [0.717, 1.165) is 24.5 Å². The smallest absolute Gasteiger partial charge is 0.252 e. The van der Waals surface area contributed by atoms with Crippen molar-refractivity contribution in [3.05, 3.63) is 65.1 Å². The number of nitrogens with one attached hydrogen (secondary N) is 1. The molecule has 23 heavy (non-hydrogen) atoms. The van der Waals surface area contributed by atoms with Crippen LogP contribution in [0.2, 0.25) is 0 Å². The van der Waals surface area contributed by atoms with Gasteiger partial charge < -0.3 is 5.32 Å². The highest BCUT2D eigenvalue weighted by atomic mass is 32.2. The van der Waals surface area contributed by atoms with Gasteiger partial charge in [0.05, 0.1) is 6.04 Å². The molecule has 0 saturated carbocycles. The first-order valence-corrected chi connectivity index (χ1v) is 8.93. The Bertz CT molecular complexity index is 600. The van der Waals surface area contributed by atoms with Crippen molar-refractivity contribution in [2.45, 2.75) is 19.9 Å². The van der Waals surface area contributed by atoms with Crippen molar-refractivity contribution in [3.63, 3.8) is 0 Å². The highest BCUT2D eigenvalue weighted by Crippen LogP contribution is 2.25. The fourth-order valence-electron chi connectivity index (χ4n) is 2.28. The summed E-state index contributed by atoms with van der Waals surface area (Å²) in [4.78, 5) is 15.9. The first kappa shape index (κ1) is 17.6. The number of rotatable bonds is 8. The Hall–Kier alpha value is -1.78. The Balaban J connectivity index is 1.92. The van der Waals surface area contributed by atoms with Gasteiger partial charge in [0.2, 0.25) is 0 Å². The summed E-state index contributed by atoms with van der Waals surface area (Å²) in [7, 11) is 0. The molecule has 1 N–H and O–H groups in total. The van der Waals surface area contributed by atoms with E-state index in [2.05, 4.69) is 36.7 Å². The lowest BCUT2D eigenvalue weighted by molar-refractivity contribution is 0.0950. The van der Waals surface area contributed by atoms with Crippen molar-refractivity contribution in [3.8, 4) is 0 Å². The molecule has 1 aromatic rings. The number of benzene rings is 1. The fraction of sp³-hybridized carbons (Fsp3) is 0.316. The van der Waals surface area contributed by atoms with Gasteiger partial charge in [-0.2, -0.15) is 0 Å². The third-order valence-electron chi connectivity index (χ3n) is 3.87. The lowest BCUT2D eigenvalue weighted by Crippen LogP contribution is -2.33. The molecule has 1 aliphatic rings. The van der Waals surface area contributed by atoms with Gasteiger partial charge in [-0.25, -0.2) is 0 Å². The van der Waals surface area contributed by atoms with E-state index in [-0.39, 0.29) is 11.9 Å². The molecule has 4 heteroatoms. The molecular weight excluding hydrogens is 304 g/mol. The van der Waals surface area contributed by atoms with E-state index in [1.807, 2.05) is 36.4 Å². The summed E-state index contributed by atoms with van der Waals surface area (Å²) in [5.41, 5.74) is 1.68. The topological polar surface area (TPSA) is 32.3 Å². The molecular formula is C19H24N2OS. The van der Waals surface area contributed by atoms with Gasteiger partial charge in [0, 0.05) is 16.3 Å². The maximum atomic E-state index is 12.4. The van der Waals surface area contributed by atoms with Crippen LogP contribution in [0, 0.1) is 0 Å². The molecule has 122 valence electrons. The van der Waals surface area contributed by atoms with Crippen LogP contribution in [0.5, 0.6) is 0 Å². The van der Waals surface area contributed by atoms with Crippen LogP contribution >= 0.6 is 11.8 Å². The van der Waals surface area contributed by atoms with Crippen molar-refractivity contribution in [1.82, 2.24) is 10.2 Å². The molecule has 0 spiro atoms. The zero-order valence-electron chi connectivity index (χ0n) is 13.8. The van der Waals surface area contributed by atoms with Crippen LogP contribution in [-0.4, -0.2) is 35.8 Å². The SMILES string of the molecule is C=Cc1ccc(C(=O)NC2C=CC=C2SCN(CC)CC)cc1. The summed E-state index contributed by atoms with van der Waals surface area (Å²) in [6.45, 7) is 10.1. The van der Waals surface area contributed by atoms with Gasteiger partial charge in [0.15, 0.2) is 0 Å². The van der Waals surface area contributed by atoms with Gasteiger partial charge in [-0.3, -0.25) is 9.69 Å². The predicted molar refractivity (Wildman–Crippen MR) is 100 cm³/mol. The highest BCUT2D eigenvalue weighted by Gasteiger charge is 2.19. The van der Waals surface area contributed by atoms with Crippen molar-refractivity contribution in [2.75, 3.05) is 19.0 Å². The first-order valence-electron chi connectivity index (χ1n) is 7.94. The normalized spacial score (nSPS) is 16.5. The average Bonchev–Trinajstić information content (AvgIpc) is 3.03. The summed E-state index contributed by atoms with van der Waals surface area (Å²) < 4.78 is 0. The van der Waals surface area contributed by atoms with Crippen LogP contribution in [0.4, 0.5) is 0 Å². The Morgan fingerprint density at radius 1 is 1.30 bits per heavy atom. The number of hydrogen-bond donors (Lipinski definition) is 1. The second-order valence-electron chi connectivity index (χ2n) is 5.31. The van der Waals surface area contributed by atoms with Gasteiger partial charge >= 0.3 is 0 Å². The maximum absolute atomic E-state index is 12.4. The Kier molecular flexibility index (Phi) is 6.68. The lowest BCUT2D eigenvalue weighted by atomic mass is 10.1. The zero-order chi connectivity index (χ0) is 16.7. The van der Waals surface area contributed by atoms with E-state index < -0.39 is 0 Å². The van der Waals surface area contributed by atoms with Gasteiger partial charge in [0.25, 0.3) is 5.91 Å². The first-order chi connectivity index (χ1) is 11.2. The molecule has 1 aromatic carbocycles. The minimum atomic E-state index is -0.0495. The molecule has 1 unspecified atom stereocenters. The molecule has 3 nitrogen and oxygen atoms in total. The van der Waals surface area contributed by atoms with E-state index in [0.29, 0.717) is 5.56 Å². The van der Waals surface area contributed by atoms with E-state index in [4.69, 9.17) is 0 Å². The van der Waals surface area contributed by atoms with Crippen molar-refractivity contribution >= 4 is 23.7 Å². The largest absolute Gasteiger partial charge is 0.341 e. The quantitative estimate of drug-likeness (QED) is 0.734. The van der Waals surface area contributed by atoms with Crippen LogP contribution in [0.3, 0.4) is 0 Å². The minimum Gasteiger partial charge on any atom is -0.341 e. The zero-order valence-corrected chi connectivity index (χ0v) is 14.6. The van der Waals surface area contributed by atoms with Gasteiger partial charge in [-0.15, -0.1) is 11.8 Å². The summed E-state index contributed by atoms with van der Waals surface area (Å²) in [5, 5.41) is 3.08. The monoisotopic (exact) mass is 328 g/mol. The second-order valence-corrected chi connectivity index (χ2v) is 6.33. The van der Waals surface area contributed by atoms with Crippen LogP contribution in [0.1, 0.15) is 29.8 Å². The number of carbonyl (C=O) groups is 1. The number of amides is 1. The standard InChI is InChI=1S/C19H24N2OS/c1-4-15-10-12-16(13-11-15)19(22)20-17-8-7-9-18(17)23-14-21(5-2)6-3/h4,7-13,17H,1,5-6,14H2,2-3H3,(H,20,22). The van der Waals surface area contributed by atoms with Crippen LogP contribution in [0.15, 0.2) is 54.0 Å². The third kappa shape index (κ3) is 4.85. The Morgan fingerprint density at radius 3 is 2.61 bits per heavy atom. The molecule has 0 aromatic heterocycles. The molecule has 1 amide bonds. The summed E-state index contributed by atoms with van der Waals surface area (Å²) in [6.07, 6.45) is 7.89. The molecule has 1 atom stereocenters. The summed E-state index contributed by atoms with van der Waals surface area (Å²) >= 11 is 1.79. The highest BCUT2D eigenvalue weighted by molar-refractivity contribution is 8.03. The van der Waals surface area contributed by atoms with Gasteiger partial charge in [-0.05, 0) is 30.8 Å². The molecule has 0 heterocycles. The predicted octanol–water partition coefficient (Wildman–Crippen LogP) is 3.91. The molecule has 0 saturated heterocycles. The maximum Gasteiger partial charge on any atom is 0.252 e. The lowest BCUT2D eigenvalue weighted by Gasteiger charge is -2.20. The molecule has 0 radical (unpaired) electrons. The minimum absolute atomic E-state index is 0.0258. The molecule has 1 aliphatic carbocycles. The van der Waals surface area contributed by atoms with Crippen molar-refractivity contribution < 1.29 is 4.79 Å². The molecule has 2 rings (SSSR count). The van der Waals surface area contributed by atoms with E-state index in [9.17, 15) is 4.79 Å². The molecule has 0 aliphatic heterocycles. The third-order valence-corrected chi connectivity index (χ3v) is 5.09. The average molecular weight is 328 g/mol. The van der Waals surface area contributed by atoms with Crippen molar-refractivity contribution in [2.24, 2.45) is 0 Å². The fourth-order valence-corrected chi connectivity index (χ4v) is 3.47. The van der Waals surface area contributed by atoms with Crippen molar-refractivity contribution in [1.29, 1.82) is 0 Å². The van der Waals surface area contributed by atoms with Crippen LogP contribution < -0.4 is 5.32 Å². The second kappa shape index (κ2) is 8.75. The van der Waals surface area contributed by atoms with E-state index >= 15 is 0 Å². The number of hydrogen-bond acceptors (Lipinski definition) is 3. The Labute approximate surface area is 143 Å². The summed E-state index contributed by atoms with van der Waals surface area (Å²) in [5.74, 6) is 0.896. The van der Waals surface area contributed by atoms with Crippen LogP contribution in [-0.2, 0) is 0 Å². The number of nitrogens with zero attached hydrogens (tertiary/aromatic N) is 1. The van der Waals surface area contributed by atoms with E-state index in [1.165, 1.54) is 4.91 Å². The Morgan fingerprint density at radius 2 is 2.00 bits per heavy atom. The van der Waals surface area contributed by atoms with Gasteiger partial charge in [-0.1, -0.05) is 56.9 Å². The van der Waals surface area contributed by atoms with Crippen LogP contribution in [0.25, 0.3) is 6.08 Å². The molecule has 0 bridgehead atoms.